The van der Waals surface area contributed by atoms with Crippen LogP contribution in [0, 0.1) is 13.0 Å². The van der Waals surface area contributed by atoms with E-state index >= 15 is 0 Å². The molecule has 1 aliphatic rings. The fourth-order valence-corrected chi connectivity index (χ4v) is 5.50. The molecule has 0 aliphatic carbocycles. The molecule has 3 aromatic carbocycles. The maximum absolute atomic E-state index is 14.3. The van der Waals surface area contributed by atoms with Gasteiger partial charge in [0.1, 0.15) is 23.7 Å². The molecule has 0 spiro atoms. The fraction of sp³-hybridized carbons (Fsp3) is 0.0400. The molecule has 1 saturated heterocycles. The molecule has 0 aromatic heterocycles. The summed E-state index contributed by atoms with van der Waals surface area (Å²) in [6.45, 7) is 0.201. The fourth-order valence-electron chi connectivity index (χ4n) is 3.38. The van der Waals surface area contributed by atoms with Gasteiger partial charge in [-0.1, -0.05) is 24.3 Å². The van der Waals surface area contributed by atoms with Gasteiger partial charge in [0.2, 0.25) is 0 Å². The summed E-state index contributed by atoms with van der Waals surface area (Å²) in [5.74, 6) is -3.04. The Labute approximate surface area is 231 Å². The van der Waals surface area contributed by atoms with Crippen molar-refractivity contribution in [2.75, 3.05) is 4.90 Å². The summed E-state index contributed by atoms with van der Waals surface area (Å²) in [4.78, 5) is 49.3. The average Bonchev–Trinajstić information content (AvgIpc) is 2.82. The van der Waals surface area contributed by atoms with E-state index in [-0.39, 0.29) is 23.4 Å². The number of hydrogen-bond donors (Lipinski definition) is 2. The Morgan fingerprint density at radius 3 is 2.28 bits per heavy atom. The number of carboxylic acid groups (broad SMARTS) is 1. The molecular formula is C25H15FI2N2O6. The zero-order chi connectivity index (χ0) is 26.0. The van der Waals surface area contributed by atoms with Gasteiger partial charge in [-0.3, -0.25) is 14.9 Å². The van der Waals surface area contributed by atoms with Crippen LogP contribution in [0.25, 0.3) is 6.08 Å². The number of para-hydroxylation sites is 1. The van der Waals surface area contributed by atoms with Crippen molar-refractivity contribution in [1.82, 2.24) is 5.32 Å². The van der Waals surface area contributed by atoms with Crippen molar-refractivity contribution in [2.24, 2.45) is 0 Å². The summed E-state index contributed by atoms with van der Waals surface area (Å²) < 4.78 is 21.6. The first-order valence-electron chi connectivity index (χ1n) is 10.3. The molecule has 0 bridgehead atoms. The SMILES string of the molecule is O=C1NC(=O)N(c2ccccc2F)C(=O)/C1=C/c1cc(I)c(OCc2ccc(C(=O)O)cc2)c(I)c1. The van der Waals surface area contributed by atoms with Gasteiger partial charge in [0.05, 0.1) is 18.4 Å². The number of aromatic carboxylic acids is 1. The van der Waals surface area contributed by atoms with Crippen LogP contribution in [0.1, 0.15) is 21.5 Å². The van der Waals surface area contributed by atoms with Gasteiger partial charge in [-0.25, -0.2) is 18.9 Å². The van der Waals surface area contributed by atoms with Crippen molar-refractivity contribution in [3.05, 3.63) is 95.9 Å². The molecule has 0 unspecified atom stereocenters. The van der Waals surface area contributed by atoms with Crippen LogP contribution in [0.2, 0.25) is 0 Å². The van der Waals surface area contributed by atoms with Crippen LogP contribution in [0.3, 0.4) is 0 Å². The van der Waals surface area contributed by atoms with Gasteiger partial charge < -0.3 is 9.84 Å². The number of hydrogen-bond acceptors (Lipinski definition) is 5. The lowest BCUT2D eigenvalue weighted by molar-refractivity contribution is -0.122. The van der Waals surface area contributed by atoms with Gasteiger partial charge in [-0.05, 0) is 98.8 Å². The summed E-state index contributed by atoms with van der Waals surface area (Å²) in [5.41, 5.74) is 0.875. The number of nitrogens with one attached hydrogen (secondary N) is 1. The number of nitrogens with zero attached hydrogens (tertiary/aromatic N) is 1. The molecule has 182 valence electrons. The number of halogens is 3. The van der Waals surface area contributed by atoms with Crippen LogP contribution in [0.4, 0.5) is 14.9 Å². The zero-order valence-corrected chi connectivity index (χ0v) is 22.4. The number of anilines is 1. The average molecular weight is 712 g/mol. The van der Waals surface area contributed by atoms with Crippen LogP contribution in [-0.4, -0.2) is 28.9 Å². The van der Waals surface area contributed by atoms with E-state index in [9.17, 15) is 23.6 Å². The summed E-state index contributed by atoms with van der Waals surface area (Å²) >= 11 is 4.12. The molecular weight excluding hydrogens is 697 g/mol. The Morgan fingerprint density at radius 2 is 1.67 bits per heavy atom. The normalized spacial score (nSPS) is 14.7. The standard InChI is InChI=1S/C25H15FI2N2O6/c26-17-3-1-2-4-20(17)30-23(32)16(22(31)29-25(30)35)9-14-10-18(27)21(19(28)11-14)36-12-13-5-7-15(8-6-13)24(33)34/h1-11H,12H2,(H,33,34)(H,29,31,35)/b16-9+. The number of carbonyl (C=O) groups excluding carboxylic acids is 3. The number of carbonyl (C=O) groups is 4. The molecule has 2 N–H and O–H groups in total. The first-order chi connectivity index (χ1) is 17.2. The third kappa shape index (κ3) is 5.41. The third-order valence-electron chi connectivity index (χ3n) is 5.11. The molecule has 1 aliphatic heterocycles. The third-order valence-corrected chi connectivity index (χ3v) is 6.71. The molecule has 36 heavy (non-hydrogen) atoms. The molecule has 1 fully saturated rings. The van der Waals surface area contributed by atoms with Crippen LogP contribution in [-0.2, 0) is 16.2 Å². The van der Waals surface area contributed by atoms with Gasteiger partial charge in [-0.15, -0.1) is 0 Å². The highest BCUT2D eigenvalue weighted by molar-refractivity contribution is 14.1. The maximum Gasteiger partial charge on any atom is 0.336 e. The molecule has 4 amide bonds. The quantitative estimate of drug-likeness (QED) is 0.212. The van der Waals surface area contributed by atoms with Crippen molar-refractivity contribution in [1.29, 1.82) is 0 Å². The summed E-state index contributed by atoms with van der Waals surface area (Å²) in [6.07, 6.45) is 1.33. The minimum Gasteiger partial charge on any atom is -0.487 e. The van der Waals surface area contributed by atoms with Gasteiger partial charge in [-0.2, -0.15) is 0 Å². The maximum atomic E-state index is 14.3. The van der Waals surface area contributed by atoms with E-state index < -0.39 is 29.6 Å². The second-order valence-electron chi connectivity index (χ2n) is 7.51. The Kier molecular flexibility index (Phi) is 7.68. The van der Waals surface area contributed by atoms with Crippen molar-refractivity contribution in [2.45, 2.75) is 6.61 Å². The van der Waals surface area contributed by atoms with E-state index in [1.807, 2.05) is 0 Å². The number of ether oxygens (including phenoxy) is 1. The van der Waals surface area contributed by atoms with E-state index in [0.717, 1.165) is 11.6 Å². The predicted octanol–water partition coefficient (Wildman–Crippen LogP) is 4.98. The Balaban J connectivity index is 1.58. The molecule has 8 nitrogen and oxygen atoms in total. The highest BCUT2D eigenvalue weighted by Gasteiger charge is 2.38. The summed E-state index contributed by atoms with van der Waals surface area (Å²) in [5, 5.41) is 11.1. The van der Waals surface area contributed by atoms with Crippen molar-refractivity contribution in [3.8, 4) is 5.75 Å². The van der Waals surface area contributed by atoms with E-state index in [0.29, 0.717) is 23.4 Å². The number of imide groups is 2. The molecule has 11 heteroatoms. The van der Waals surface area contributed by atoms with Gasteiger partial charge >= 0.3 is 12.0 Å². The van der Waals surface area contributed by atoms with Crippen molar-refractivity contribution < 1.29 is 33.4 Å². The Hall–Kier alpha value is -3.33. The monoisotopic (exact) mass is 712 g/mol. The van der Waals surface area contributed by atoms with E-state index in [1.54, 1.807) is 24.3 Å². The molecule has 1 heterocycles. The zero-order valence-electron chi connectivity index (χ0n) is 18.1. The topological polar surface area (TPSA) is 113 Å². The minimum absolute atomic E-state index is 0.178. The number of barbiturate groups is 1. The largest absolute Gasteiger partial charge is 0.487 e. The summed E-state index contributed by atoms with van der Waals surface area (Å²) in [6, 6.07) is 14.0. The number of benzene rings is 3. The highest BCUT2D eigenvalue weighted by Crippen LogP contribution is 2.31. The number of amides is 4. The first-order valence-corrected chi connectivity index (χ1v) is 12.4. The van der Waals surface area contributed by atoms with E-state index in [1.165, 1.54) is 36.4 Å². The number of urea groups is 1. The van der Waals surface area contributed by atoms with Crippen LogP contribution in [0.15, 0.2) is 66.2 Å². The molecule has 0 atom stereocenters. The second-order valence-corrected chi connectivity index (χ2v) is 9.84. The molecule has 0 saturated carbocycles. The van der Waals surface area contributed by atoms with E-state index in [2.05, 4.69) is 50.5 Å². The Bertz CT molecular complexity index is 1420. The minimum atomic E-state index is -1.03. The lowest BCUT2D eigenvalue weighted by atomic mass is 10.1. The molecule has 3 aromatic rings. The number of rotatable bonds is 6. The van der Waals surface area contributed by atoms with Gasteiger partial charge in [0.25, 0.3) is 11.8 Å². The second kappa shape index (κ2) is 10.7. The smallest absolute Gasteiger partial charge is 0.336 e. The van der Waals surface area contributed by atoms with Crippen LogP contribution >= 0.6 is 45.2 Å². The summed E-state index contributed by atoms with van der Waals surface area (Å²) in [7, 11) is 0. The first kappa shape index (κ1) is 25.8. The van der Waals surface area contributed by atoms with Crippen molar-refractivity contribution >= 4 is 80.8 Å². The van der Waals surface area contributed by atoms with Gasteiger partial charge in [0, 0.05) is 0 Å². The lowest BCUT2D eigenvalue weighted by Crippen LogP contribution is -2.54. The predicted molar refractivity (Wildman–Crippen MR) is 145 cm³/mol. The van der Waals surface area contributed by atoms with Crippen molar-refractivity contribution in [3.63, 3.8) is 0 Å². The molecule has 4 rings (SSSR count). The highest BCUT2D eigenvalue weighted by atomic mass is 127. The van der Waals surface area contributed by atoms with Crippen LogP contribution in [0.5, 0.6) is 5.75 Å². The number of carboxylic acids is 1. The van der Waals surface area contributed by atoms with Crippen LogP contribution < -0.4 is 15.0 Å². The van der Waals surface area contributed by atoms with E-state index in [4.69, 9.17) is 9.84 Å². The lowest BCUT2D eigenvalue weighted by Gasteiger charge is -2.26. The Morgan fingerprint density at radius 1 is 1.03 bits per heavy atom. The van der Waals surface area contributed by atoms with Gasteiger partial charge in [0.15, 0.2) is 0 Å². The molecule has 0 radical (unpaired) electrons.